The highest BCUT2D eigenvalue weighted by Crippen LogP contribution is 2.29. The number of methoxy groups -OCH3 is 1. The summed E-state index contributed by atoms with van der Waals surface area (Å²) in [7, 11) is 1.22. The number of amides is 2. The fourth-order valence-electron chi connectivity index (χ4n) is 2.23. The summed E-state index contributed by atoms with van der Waals surface area (Å²) in [5, 5.41) is 2.52. The highest BCUT2D eigenvalue weighted by molar-refractivity contribution is 5.98. The highest BCUT2D eigenvalue weighted by atomic mass is 19.3. The number of benzene rings is 2. The number of hydrogen-bond acceptors (Lipinski definition) is 6. The van der Waals surface area contributed by atoms with Crippen LogP contribution in [0.3, 0.4) is 0 Å². The summed E-state index contributed by atoms with van der Waals surface area (Å²) in [4.78, 5) is 35.5. The number of anilines is 1. The number of carbonyl (C=O) groups excluding carboxylic acids is 3. The van der Waals surface area contributed by atoms with Gasteiger partial charge in [-0.25, -0.2) is 4.79 Å². The lowest BCUT2D eigenvalue weighted by Gasteiger charge is -2.15. The summed E-state index contributed by atoms with van der Waals surface area (Å²) < 4.78 is 39.0. The van der Waals surface area contributed by atoms with Gasteiger partial charge in [0.05, 0.1) is 12.7 Å². The molecule has 0 unspecified atom stereocenters. The number of nitrogens with two attached hydrogens (primary N) is 1. The Bertz CT molecular complexity index is 902. The number of hydrogen-bond donors (Lipinski definition) is 2. The Hall–Kier alpha value is -3.69. The second-order valence-corrected chi connectivity index (χ2v) is 5.72. The third kappa shape index (κ3) is 5.89. The van der Waals surface area contributed by atoms with Crippen LogP contribution in [-0.4, -0.2) is 37.6 Å². The Morgan fingerprint density at radius 1 is 1.00 bits per heavy atom. The maximum Gasteiger partial charge on any atom is 0.387 e. The average molecular weight is 408 g/mol. The van der Waals surface area contributed by atoms with Crippen molar-refractivity contribution in [2.75, 3.05) is 12.4 Å². The van der Waals surface area contributed by atoms with Crippen molar-refractivity contribution in [2.45, 2.75) is 19.6 Å². The van der Waals surface area contributed by atoms with Crippen LogP contribution in [-0.2, 0) is 9.53 Å². The number of rotatable bonds is 8. The molecule has 0 saturated heterocycles. The van der Waals surface area contributed by atoms with Crippen molar-refractivity contribution in [3.63, 3.8) is 0 Å². The van der Waals surface area contributed by atoms with Crippen LogP contribution in [0.2, 0.25) is 0 Å². The third-order valence-electron chi connectivity index (χ3n) is 3.71. The van der Waals surface area contributed by atoms with E-state index in [1.54, 1.807) is 0 Å². The number of alkyl halides is 2. The number of primary amides is 1. The third-order valence-corrected chi connectivity index (χ3v) is 3.71. The lowest BCUT2D eigenvalue weighted by atomic mass is 10.2. The molecule has 2 rings (SSSR count). The predicted molar refractivity (Wildman–Crippen MR) is 98.1 cm³/mol. The zero-order valence-electron chi connectivity index (χ0n) is 15.5. The summed E-state index contributed by atoms with van der Waals surface area (Å²) >= 11 is 0. The monoisotopic (exact) mass is 408 g/mol. The average Bonchev–Trinajstić information content (AvgIpc) is 2.68. The van der Waals surface area contributed by atoms with Crippen molar-refractivity contribution < 1.29 is 37.4 Å². The molecule has 1 atom stereocenters. The first kappa shape index (κ1) is 21.6. The summed E-state index contributed by atoms with van der Waals surface area (Å²) in [5.41, 5.74) is 5.77. The number of carbonyl (C=O) groups is 3. The van der Waals surface area contributed by atoms with E-state index in [0.29, 0.717) is 5.69 Å². The fraction of sp³-hybridized carbons (Fsp3) is 0.211. The highest BCUT2D eigenvalue weighted by Gasteiger charge is 2.21. The van der Waals surface area contributed by atoms with E-state index in [4.69, 9.17) is 15.2 Å². The first-order chi connectivity index (χ1) is 13.7. The van der Waals surface area contributed by atoms with Crippen molar-refractivity contribution in [3.8, 4) is 11.5 Å². The molecule has 29 heavy (non-hydrogen) atoms. The van der Waals surface area contributed by atoms with Crippen LogP contribution < -0.4 is 20.5 Å². The van der Waals surface area contributed by atoms with E-state index in [1.807, 2.05) is 0 Å². The topological polar surface area (TPSA) is 117 Å². The van der Waals surface area contributed by atoms with E-state index in [2.05, 4.69) is 10.1 Å². The Morgan fingerprint density at radius 2 is 1.62 bits per heavy atom. The molecule has 2 amide bonds. The Balaban J connectivity index is 2.02. The largest absolute Gasteiger partial charge is 0.493 e. The van der Waals surface area contributed by atoms with E-state index in [-0.39, 0.29) is 22.6 Å². The molecule has 0 aromatic heterocycles. The van der Waals surface area contributed by atoms with Crippen molar-refractivity contribution in [1.82, 2.24) is 0 Å². The van der Waals surface area contributed by atoms with Crippen molar-refractivity contribution in [1.29, 1.82) is 0 Å². The van der Waals surface area contributed by atoms with Gasteiger partial charge in [-0.1, -0.05) is 0 Å². The molecule has 0 aliphatic carbocycles. The number of nitrogens with one attached hydrogen (secondary N) is 1. The minimum Gasteiger partial charge on any atom is -0.493 e. The molecule has 0 heterocycles. The van der Waals surface area contributed by atoms with Crippen LogP contribution in [0.25, 0.3) is 0 Å². The van der Waals surface area contributed by atoms with Gasteiger partial charge in [0.25, 0.3) is 5.91 Å². The summed E-state index contributed by atoms with van der Waals surface area (Å²) in [5.74, 6) is -2.42. The van der Waals surface area contributed by atoms with E-state index in [1.165, 1.54) is 44.4 Å². The van der Waals surface area contributed by atoms with Crippen molar-refractivity contribution >= 4 is 23.5 Å². The summed E-state index contributed by atoms with van der Waals surface area (Å²) in [6, 6.07) is 9.31. The molecule has 2 aromatic rings. The molecule has 10 heteroatoms. The molecule has 0 saturated carbocycles. The molecule has 0 radical (unpaired) electrons. The predicted octanol–water partition coefficient (Wildman–Crippen LogP) is 2.58. The number of esters is 1. The van der Waals surface area contributed by atoms with Gasteiger partial charge in [-0.3, -0.25) is 9.59 Å². The smallest absolute Gasteiger partial charge is 0.387 e. The van der Waals surface area contributed by atoms with Crippen LogP contribution in [0.1, 0.15) is 27.6 Å². The molecule has 8 nitrogen and oxygen atoms in total. The Morgan fingerprint density at radius 3 is 2.17 bits per heavy atom. The van der Waals surface area contributed by atoms with E-state index < -0.39 is 30.5 Å². The lowest BCUT2D eigenvalue weighted by molar-refractivity contribution is -0.123. The molecule has 154 valence electrons. The number of halogens is 2. The van der Waals surface area contributed by atoms with E-state index in [9.17, 15) is 23.2 Å². The van der Waals surface area contributed by atoms with Gasteiger partial charge in [-0.2, -0.15) is 8.78 Å². The molecule has 0 aliphatic heterocycles. The molecule has 3 N–H and O–H groups in total. The van der Waals surface area contributed by atoms with Crippen LogP contribution in [0, 0.1) is 0 Å². The zero-order chi connectivity index (χ0) is 21.6. The first-order valence-electron chi connectivity index (χ1n) is 8.25. The molecule has 0 spiro atoms. The van der Waals surface area contributed by atoms with Gasteiger partial charge >= 0.3 is 12.6 Å². The zero-order valence-corrected chi connectivity index (χ0v) is 15.5. The SMILES string of the molecule is COc1cc(C(=O)O[C@H](C)C(=O)Nc2ccc(C(N)=O)cc2)ccc1OC(F)F. The molecule has 0 aliphatic rings. The van der Waals surface area contributed by atoms with Crippen molar-refractivity contribution in [3.05, 3.63) is 53.6 Å². The van der Waals surface area contributed by atoms with Gasteiger partial charge in [0, 0.05) is 11.3 Å². The van der Waals surface area contributed by atoms with Crippen LogP contribution in [0.4, 0.5) is 14.5 Å². The summed E-state index contributed by atoms with van der Waals surface area (Å²) in [6.45, 7) is -1.70. The minimum atomic E-state index is -3.05. The van der Waals surface area contributed by atoms with Gasteiger partial charge < -0.3 is 25.3 Å². The second-order valence-electron chi connectivity index (χ2n) is 5.72. The normalized spacial score (nSPS) is 11.5. The first-order valence-corrected chi connectivity index (χ1v) is 8.25. The quantitative estimate of drug-likeness (QED) is 0.649. The molecule has 2 aromatic carbocycles. The lowest BCUT2D eigenvalue weighted by Crippen LogP contribution is -2.30. The second kappa shape index (κ2) is 9.49. The van der Waals surface area contributed by atoms with Gasteiger partial charge in [0.15, 0.2) is 17.6 Å². The Kier molecular flexibility index (Phi) is 7.07. The molecule has 0 fully saturated rings. The van der Waals surface area contributed by atoms with Gasteiger partial charge in [0.1, 0.15) is 0 Å². The maximum atomic E-state index is 12.4. The van der Waals surface area contributed by atoms with E-state index >= 15 is 0 Å². The van der Waals surface area contributed by atoms with Crippen LogP contribution in [0.5, 0.6) is 11.5 Å². The van der Waals surface area contributed by atoms with Crippen LogP contribution in [0.15, 0.2) is 42.5 Å². The van der Waals surface area contributed by atoms with Crippen LogP contribution >= 0.6 is 0 Å². The van der Waals surface area contributed by atoms with E-state index in [0.717, 1.165) is 12.1 Å². The standard InChI is InChI=1S/C19H18F2N2O6/c1-10(17(25)23-13-6-3-11(4-7-13)16(22)24)28-18(26)12-5-8-14(29-19(20)21)15(9-12)27-2/h3-10,19H,1-2H3,(H2,22,24)(H,23,25)/t10-/m1/s1. The van der Waals surface area contributed by atoms with Gasteiger partial charge in [0.2, 0.25) is 5.91 Å². The maximum absolute atomic E-state index is 12.4. The molecular formula is C19H18F2N2O6. The fourth-order valence-corrected chi connectivity index (χ4v) is 2.23. The Labute approximate surface area is 164 Å². The van der Waals surface area contributed by atoms with Gasteiger partial charge in [-0.15, -0.1) is 0 Å². The summed E-state index contributed by atoms with van der Waals surface area (Å²) in [6.07, 6.45) is -1.17. The molecular weight excluding hydrogens is 390 g/mol. The molecule has 0 bridgehead atoms. The minimum absolute atomic E-state index is 0.0195. The van der Waals surface area contributed by atoms with Gasteiger partial charge in [-0.05, 0) is 49.4 Å². The number of ether oxygens (including phenoxy) is 3. The van der Waals surface area contributed by atoms with Crippen molar-refractivity contribution in [2.24, 2.45) is 5.73 Å².